The van der Waals surface area contributed by atoms with Crippen LogP contribution in [0.1, 0.15) is 104 Å². The summed E-state index contributed by atoms with van der Waals surface area (Å²) in [5.74, 6) is 0.790. The number of allylic oxidation sites excluding steroid dienone is 2. The van der Waals surface area contributed by atoms with Crippen molar-refractivity contribution in [2.24, 2.45) is 5.41 Å². The Kier molecular flexibility index (Phi) is 12.5. The van der Waals surface area contributed by atoms with Crippen LogP contribution in [0.2, 0.25) is 0 Å². The first-order chi connectivity index (χ1) is 13.8. The smallest absolute Gasteiger partial charge is 0.305 e. The highest BCUT2D eigenvalue weighted by atomic mass is 32.2. The highest BCUT2D eigenvalue weighted by Gasteiger charge is 2.35. The molecule has 0 amide bonds. The number of Topliss-reactive ketones (excluding diaryl/α,β-unsaturated/α-hetero) is 2. The Morgan fingerprint density at radius 1 is 0.931 bits per heavy atom. The maximum Gasteiger partial charge on any atom is 0.305 e. The Labute approximate surface area is 181 Å². The normalized spacial score (nSPS) is 16.2. The maximum atomic E-state index is 12.8. The van der Waals surface area contributed by atoms with Crippen LogP contribution in [0.5, 0.6) is 0 Å². The van der Waals surface area contributed by atoms with Crippen LogP contribution in [-0.2, 0) is 19.1 Å². The van der Waals surface area contributed by atoms with Gasteiger partial charge in [0, 0.05) is 19.3 Å². The minimum Gasteiger partial charge on any atom is -0.469 e. The molecular weight excluding hydrogens is 384 g/mol. The minimum absolute atomic E-state index is 0.00554. The van der Waals surface area contributed by atoms with Crippen LogP contribution in [-0.4, -0.2) is 30.4 Å². The average Bonchev–Trinajstić information content (AvgIpc) is 2.65. The first kappa shape index (κ1) is 25.9. The molecule has 0 saturated heterocycles. The van der Waals surface area contributed by atoms with Gasteiger partial charge in [-0.05, 0) is 41.8 Å². The Hall–Kier alpha value is -1.10. The number of rotatable bonds is 15. The molecule has 0 aliphatic heterocycles. The first-order valence-electron chi connectivity index (χ1n) is 11.3. The molecule has 0 unspecified atom stereocenters. The number of ketones is 2. The number of esters is 1. The Balaban J connectivity index is 2.57. The van der Waals surface area contributed by atoms with Crippen molar-refractivity contribution < 1.29 is 19.1 Å². The van der Waals surface area contributed by atoms with Crippen LogP contribution in [0.25, 0.3) is 0 Å². The predicted octanol–water partition coefficient (Wildman–Crippen LogP) is 6.42. The lowest BCUT2D eigenvalue weighted by Crippen LogP contribution is -2.28. The molecule has 1 rings (SSSR count). The van der Waals surface area contributed by atoms with Crippen LogP contribution in [0, 0.1) is 5.41 Å². The summed E-state index contributed by atoms with van der Waals surface area (Å²) in [5, 5.41) is 0. The second kappa shape index (κ2) is 14.0. The SMILES string of the molecule is CCCCCCCCSC1=C(C(=O)CCCCCC(=O)OC)C(=O)CC(C)(C)C1. The number of hydrogen-bond acceptors (Lipinski definition) is 5. The molecule has 29 heavy (non-hydrogen) atoms. The van der Waals surface area contributed by atoms with Gasteiger partial charge in [0.15, 0.2) is 11.6 Å². The van der Waals surface area contributed by atoms with E-state index in [1.165, 1.54) is 39.2 Å². The van der Waals surface area contributed by atoms with Crippen molar-refractivity contribution in [1.82, 2.24) is 0 Å². The molecule has 0 aromatic heterocycles. The van der Waals surface area contributed by atoms with Gasteiger partial charge in [-0.2, -0.15) is 0 Å². The van der Waals surface area contributed by atoms with Gasteiger partial charge in [0.25, 0.3) is 0 Å². The maximum absolute atomic E-state index is 12.8. The molecule has 0 saturated carbocycles. The van der Waals surface area contributed by atoms with E-state index in [4.69, 9.17) is 0 Å². The Morgan fingerprint density at radius 2 is 1.55 bits per heavy atom. The number of methoxy groups -OCH3 is 1. The molecule has 5 heteroatoms. The molecule has 0 fully saturated rings. The third kappa shape index (κ3) is 10.5. The highest BCUT2D eigenvalue weighted by molar-refractivity contribution is 8.03. The predicted molar refractivity (Wildman–Crippen MR) is 121 cm³/mol. The van der Waals surface area contributed by atoms with Crippen LogP contribution < -0.4 is 0 Å². The zero-order chi connectivity index (χ0) is 21.7. The summed E-state index contributed by atoms with van der Waals surface area (Å²) in [7, 11) is 1.39. The Bertz CT molecular complexity index is 577. The number of unbranched alkanes of at least 4 members (excludes halogenated alkanes) is 7. The van der Waals surface area contributed by atoms with Gasteiger partial charge in [0.05, 0.1) is 12.7 Å². The van der Waals surface area contributed by atoms with E-state index in [2.05, 4.69) is 25.5 Å². The van der Waals surface area contributed by atoms with E-state index in [-0.39, 0.29) is 23.0 Å². The van der Waals surface area contributed by atoms with E-state index in [0.29, 0.717) is 31.3 Å². The van der Waals surface area contributed by atoms with Crippen molar-refractivity contribution in [2.45, 2.75) is 104 Å². The molecule has 166 valence electrons. The quantitative estimate of drug-likeness (QED) is 0.172. The molecule has 0 heterocycles. The largest absolute Gasteiger partial charge is 0.469 e. The zero-order valence-corrected chi connectivity index (χ0v) is 19.8. The monoisotopic (exact) mass is 424 g/mol. The van der Waals surface area contributed by atoms with Crippen LogP contribution in [0.4, 0.5) is 0 Å². The summed E-state index contributed by atoms with van der Waals surface area (Å²) in [5.41, 5.74) is 0.415. The van der Waals surface area contributed by atoms with Crippen LogP contribution in [0.3, 0.4) is 0 Å². The fraction of sp³-hybridized carbons (Fsp3) is 0.792. The summed E-state index contributed by atoms with van der Waals surface area (Å²) in [6.07, 6.45) is 11.8. The summed E-state index contributed by atoms with van der Waals surface area (Å²) in [6.45, 7) is 6.45. The lowest BCUT2D eigenvalue weighted by molar-refractivity contribution is -0.140. The molecule has 0 atom stereocenters. The van der Waals surface area contributed by atoms with Crippen LogP contribution in [0.15, 0.2) is 10.5 Å². The van der Waals surface area contributed by atoms with Crippen molar-refractivity contribution >= 4 is 29.3 Å². The van der Waals surface area contributed by atoms with Gasteiger partial charge in [0.2, 0.25) is 0 Å². The summed E-state index contributed by atoms with van der Waals surface area (Å²) < 4.78 is 4.63. The van der Waals surface area contributed by atoms with Gasteiger partial charge in [0.1, 0.15) is 0 Å². The molecule has 1 aliphatic carbocycles. The molecule has 0 radical (unpaired) electrons. The molecule has 4 nitrogen and oxygen atoms in total. The molecule has 0 aromatic carbocycles. The number of carbonyl (C=O) groups is 3. The number of thioether (sulfide) groups is 1. The summed E-state index contributed by atoms with van der Waals surface area (Å²) in [6, 6.07) is 0. The van der Waals surface area contributed by atoms with Gasteiger partial charge in [-0.25, -0.2) is 0 Å². The van der Waals surface area contributed by atoms with Crippen molar-refractivity contribution in [3.8, 4) is 0 Å². The lowest BCUT2D eigenvalue weighted by Gasteiger charge is -2.31. The van der Waals surface area contributed by atoms with Crippen molar-refractivity contribution in [2.75, 3.05) is 12.9 Å². The summed E-state index contributed by atoms with van der Waals surface area (Å²) >= 11 is 1.73. The molecule has 0 aromatic rings. The van der Waals surface area contributed by atoms with Gasteiger partial charge >= 0.3 is 5.97 Å². The van der Waals surface area contributed by atoms with E-state index in [1.54, 1.807) is 11.8 Å². The minimum atomic E-state index is -0.211. The molecular formula is C24H40O4S. The molecule has 0 bridgehead atoms. The third-order valence-corrected chi connectivity index (χ3v) is 6.59. The van der Waals surface area contributed by atoms with Crippen LogP contribution >= 0.6 is 11.8 Å². The van der Waals surface area contributed by atoms with Gasteiger partial charge in [-0.1, -0.05) is 59.3 Å². The fourth-order valence-electron chi connectivity index (χ4n) is 3.73. The standard InChI is InChI=1S/C24H40O4S/c1-5-6-7-8-9-13-16-29-21-18-24(2,3)17-20(26)23(21)19(25)14-11-10-12-15-22(27)28-4/h5-18H2,1-4H3. The van der Waals surface area contributed by atoms with Gasteiger partial charge in [-0.3, -0.25) is 14.4 Å². The lowest BCUT2D eigenvalue weighted by atomic mass is 9.76. The molecule has 0 N–H and O–H groups in total. The highest BCUT2D eigenvalue weighted by Crippen LogP contribution is 2.42. The molecule has 1 aliphatic rings. The van der Waals surface area contributed by atoms with E-state index in [9.17, 15) is 14.4 Å². The third-order valence-electron chi connectivity index (χ3n) is 5.40. The second-order valence-corrected chi connectivity index (χ2v) is 10.1. The van der Waals surface area contributed by atoms with Gasteiger partial charge < -0.3 is 4.74 Å². The van der Waals surface area contributed by atoms with E-state index in [1.807, 2.05) is 0 Å². The van der Waals surface area contributed by atoms with Crippen molar-refractivity contribution in [3.05, 3.63) is 10.5 Å². The van der Waals surface area contributed by atoms with E-state index >= 15 is 0 Å². The molecule has 0 spiro atoms. The van der Waals surface area contributed by atoms with Crippen molar-refractivity contribution in [1.29, 1.82) is 0 Å². The van der Waals surface area contributed by atoms with E-state index in [0.717, 1.165) is 36.3 Å². The van der Waals surface area contributed by atoms with E-state index < -0.39 is 0 Å². The fourth-order valence-corrected chi connectivity index (χ4v) is 5.19. The first-order valence-corrected chi connectivity index (χ1v) is 12.3. The average molecular weight is 425 g/mol. The number of hydrogen-bond donors (Lipinski definition) is 0. The number of ether oxygens (including phenoxy) is 1. The summed E-state index contributed by atoms with van der Waals surface area (Å²) in [4.78, 5) is 37.7. The topological polar surface area (TPSA) is 60.4 Å². The zero-order valence-electron chi connectivity index (χ0n) is 18.9. The number of carbonyl (C=O) groups excluding carboxylic acids is 3. The van der Waals surface area contributed by atoms with Crippen molar-refractivity contribution in [3.63, 3.8) is 0 Å². The second-order valence-electron chi connectivity index (χ2n) is 8.92. The van der Waals surface area contributed by atoms with Gasteiger partial charge in [-0.15, -0.1) is 11.8 Å². The Morgan fingerprint density at radius 3 is 2.24 bits per heavy atom.